The van der Waals surface area contributed by atoms with Crippen LogP contribution in [0.1, 0.15) is 44.1 Å². The summed E-state index contributed by atoms with van der Waals surface area (Å²) in [6, 6.07) is 8.14. The molecular formula is C24H35N5O4. The Balaban J connectivity index is 1.38. The molecule has 2 aromatic rings. The second-order valence-corrected chi connectivity index (χ2v) is 8.64. The molecule has 0 unspecified atom stereocenters. The van der Waals surface area contributed by atoms with Crippen LogP contribution in [0, 0.1) is 0 Å². The van der Waals surface area contributed by atoms with Gasteiger partial charge in [-0.05, 0) is 17.9 Å². The molecule has 0 saturated carbocycles. The number of benzene rings is 1. The smallest absolute Gasteiger partial charge is 0.234 e. The van der Waals surface area contributed by atoms with Crippen molar-refractivity contribution in [1.82, 2.24) is 25.3 Å². The fourth-order valence-electron chi connectivity index (χ4n) is 3.72. The van der Waals surface area contributed by atoms with E-state index in [9.17, 15) is 9.59 Å². The molecule has 9 nitrogen and oxygen atoms in total. The summed E-state index contributed by atoms with van der Waals surface area (Å²) in [4.78, 5) is 33.0. The van der Waals surface area contributed by atoms with Crippen LogP contribution < -0.4 is 5.32 Å². The highest BCUT2D eigenvalue weighted by atomic mass is 16.5. The minimum atomic E-state index is 0.0110. The summed E-state index contributed by atoms with van der Waals surface area (Å²) in [6.45, 7) is 8.53. The van der Waals surface area contributed by atoms with Gasteiger partial charge in [0.05, 0.1) is 6.54 Å². The Morgan fingerprint density at radius 3 is 2.55 bits per heavy atom. The molecule has 0 bridgehead atoms. The van der Waals surface area contributed by atoms with Crippen molar-refractivity contribution in [3.8, 4) is 11.4 Å². The van der Waals surface area contributed by atoms with E-state index >= 15 is 0 Å². The van der Waals surface area contributed by atoms with Crippen molar-refractivity contribution in [2.45, 2.75) is 39.0 Å². The standard InChI is InChI=1S/C24H35N5O4/c1-18(2)19-5-7-20(8-6-19)24-26-22(33-27-24)9-10-23(31)29-14-12-28(13-15-29)17-21(30)25-11-4-16-32-3/h5-8,18H,4,9-17H2,1-3H3,(H,25,30). The summed E-state index contributed by atoms with van der Waals surface area (Å²) in [5, 5.41) is 6.95. The highest BCUT2D eigenvalue weighted by molar-refractivity contribution is 5.78. The molecule has 9 heteroatoms. The van der Waals surface area contributed by atoms with E-state index in [-0.39, 0.29) is 11.8 Å². The maximum absolute atomic E-state index is 12.6. The summed E-state index contributed by atoms with van der Waals surface area (Å²) in [6.07, 6.45) is 1.55. The average Bonchev–Trinajstić information content (AvgIpc) is 3.30. The Morgan fingerprint density at radius 1 is 1.15 bits per heavy atom. The van der Waals surface area contributed by atoms with E-state index in [0.29, 0.717) is 76.4 Å². The summed E-state index contributed by atoms with van der Waals surface area (Å²) in [7, 11) is 1.65. The van der Waals surface area contributed by atoms with E-state index in [4.69, 9.17) is 9.26 Å². The third kappa shape index (κ3) is 7.64. The van der Waals surface area contributed by atoms with Crippen molar-refractivity contribution in [2.24, 2.45) is 0 Å². The molecule has 1 aliphatic rings. The van der Waals surface area contributed by atoms with Crippen molar-refractivity contribution in [3.63, 3.8) is 0 Å². The van der Waals surface area contributed by atoms with Crippen LogP contribution in [0.2, 0.25) is 0 Å². The molecule has 1 fully saturated rings. The number of carbonyl (C=O) groups is 2. The number of nitrogens with one attached hydrogen (secondary N) is 1. The average molecular weight is 458 g/mol. The van der Waals surface area contributed by atoms with Crippen LogP contribution >= 0.6 is 0 Å². The van der Waals surface area contributed by atoms with Gasteiger partial charge in [0.15, 0.2) is 0 Å². The van der Waals surface area contributed by atoms with Gasteiger partial charge in [0, 0.05) is 64.8 Å². The van der Waals surface area contributed by atoms with E-state index in [1.165, 1.54) is 5.56 Å². The number of amides is 2. The van der Waals surface area contributed by atoms with Crippen LogP contribution in [0.5, 0.6) is 0 Å². The Bertz CT molecular complexity index is 889. The lowest BCUT2D eigenvalue weighted by Gasteiger charge is -2.34. The Hall–Kier alpha value is -2.78. The van der Waals surface area contributed by atoms with E-state index in [1.807, 2.05) is 17.0 Å². The van der Waals surface area contributed by atoms with Crippen LogP contribution in [0.15, 0.2) is 28.8 Å². The van der Waals surface area contributed by atoms with E-state index < -0.39 is 0 Å². The largest absolute Gasteiger partial charge is 0.385 e. The second-order valence-electron chi connectivity index (χ2n) is 8.64. The lowest BCUT2D eigenvalue weighted by atomic mass is 10.0. The monoisotopic (exact) mass is 457 g/mol. The highest BCUT2D eigenvalue weighted by Crippen LogP contribution is 2.21. The summed E-state index contributed by atoms with van der Waals surface area (Å²) in [5.41, 5.74) is 2.16. The number of ether oxygens (including phenoxy) is 1. The molecule has 33 heavy (non-hydrogen) atoms. The zero-order valence-electron chi connectivity index (χ0n) is 19.9. The predicted molar refractivity (Wildman–Crippen MR) is 125 cm³/mol. The topological polar surface area (TPSA) is 101 Å². The van der Waals surface area contributed by atoms with Crippen LogP contribution in [0.25, 0.3) is 11.4 Å². The molecule has 2 heterocycles. The molecule has 0 spiro atoms. The normalized spacial score (nSPS) is 14.6. The Morgan fingerprint density at radius 2 is 1.88 bits per heavy atom. The van der Waals surface area contributed by atoms with E-state index in [0.717, 1.165) is 12.0 Å². The van der Waals surface area contributed by atoms with Gasteiger partial charge in [-0.25, -0.2) is 0 Å². The maximum Gasteiger partial charge on any atom is 0.234 e. The fraction of sp³-hybridized carbons (Fsp3) is 0.583. The number of methoxy groups -OCH3 is 1. The van der Waals surface area contributed by atoms with Crippen molar-refractivity contribution in [3.05, 3.63) is 35.7 Å². The summed E-state index contributed by atoms with van der Waals surface area (Å²) >= 11 is 0. The minimum absolute atomic E-state index is 0.0110. The first kappa shape index (κ1) is 24.9. The van der Waals surface area contributed by atoms with Gasteiger partial charge < -0.3 is 19.5 Å². The third-order valence-corrected chi connectivity index (χ3v) is 5.80. The lowest BCUT2D eigenvalue weighted by Crippen LogP contribution is -2.51. The van der Waals surface area contributed by atoms with Crippen LogP contribution in [0.4, 0.5) is 0 Å². The SMILES string of the molecule is COCCCNC(=O)CN1CCN(C(=O)CCc2nc(-c3ccc(C(C)C)cc3)no2)CC1. The van der Waals surface area contributed by atoms with Gasteiger partial charge in [0.2, 0.25) is 23.5 Å². The van der Waals surface area contributed by atoms with Gasteiger partial charge >= 0.3 is 0 Å². The molecule has 1 aromatic heterocycles. The summed E-state index contributed by atoms with van der Waals surface area (Å²) in [5.74, 6) is 1.56. The third-order valence-electron chi connectivity index (χ3n) is 5.80. The van der Waals surface area contributed by atoms with Gasteiger partial charge in [0.25, 0.3) is 0 Å². The quantitative estimate of drug-likeness (QED) is 0.516. The Kier molecular flexibility index (Phi) is 9.38. The number of aryl methyl sites for hydroxylation is 1. The van der Waals surface area contributed by atoms with Gasteiger partial charge in [-0.2, -0.15) is 4.98 Å². The molecule has 0 atom stereocenters. The minimum Gasteiger partial charge on any atom is -0.385 e. The van der Waals surface area contributed by atoms with Gasteiger partial charge in [0.1, 0.15) is 0 Å². The first-order chi connectivity index (χ1) is 16.0. The van der Waals surface area contributed by atoms with E-state index in [1.54, 1.807) is 7.11 Å². The number of aromatic nitrogens is 2. The first-order valence-electron chi connectivity index (χ1n) is 11.6. The molecule has 3 rings (SSSR count). The van der Waals surface area contributed by atoms with Gasteiger partial charge in [-0.3, -0.25) is 14.5 Å². The molecule has 1 aliphatic heterocycles. The number of hydrogen-bond acceptors (Lipinski definition) is 7. The number of nitrogens with zero attached hydrogens (tertiary/aromatic N) is 4. The number of carbonyl (C=O) groups excluding carboxylic acids is 2. The van der Waals surface area contributed by atoms with Crippen LogP contribution in [-0.4, -0.2) is 84.7 Å². The first-order valence-corrected chi connectivity index (χ1v) is 11.6. The van der Waals surface area contributed by atoms with Crippen molar-refractivity contribution < 1.29 is 18.8 Å². The molecule has 0 radical (unpaired) electrons. The Labute approximate surface area is 195 Å². The highest BCUT2D eigenvalue weighted by Gasteiger charge is 2.23. The molecule has 1 N–H and O–H groups in total. The van der Waals surface area contributed by atoms with Crippen LogP contribution in [-0.2, 0) is 20.7 Å². The maximum atomic E-state index is 12.6. The van der Waals surface area contributed by atoms with Gasteiger partial charge in [-0.1, -0.05) is 43.3 Å². The molecule has 180 valence electrons. The number of piperazine rings is 1. The van der Waals surface area contributed by atoms with Crippen molar-refractivity contribution >= 4 is 11.8 Å². The van der Waals surface area contributed by atoms with Crippen LogP contribution in [0.3, 0.4) is 0 Å². The summed E-state index contributed by atoms with van der Waals surface area (Å²) < 4.78 is 10.3. The zero-order chi connectivity index (χ0) is 23.6. The van der Waals surface area contributed by atoms with Crippen molar-refractivity contribution in [1.29, 1.82) is 0 Å². The number of hydrogen-bond donors (Lipinski definition) is 1. The van der Waals surface area contributed by atoms with Gasteiger partial charge in [-0.15, -0.1) is 0 Å². The second kappa shape index (κ2) is 12.5. The molecule has 1 aromatic carbocycles. The van der Waals surface area contributed by atoms with Crippen molar-refractivity contribution in [2.75, 3.05) is 53.0 Å². The molecule has 0 aliphatic carbocycles. The number of rotatable bonds is 11. The zero-order valence-corrected chi connectivity index (χ0v) is 19.9. The fourth-order valence-corrected chi connectivity index (χ4v) is 3.72. The molecular weight excluding hydrogens is 422 g/mol. The lowest BCUT2D eigenvalue weighted by molar-refractivity contribution is -0.133. The predicted octanol–water partition coefficient (Wildman–Crippen LogP) is 2.09. The molecule has 1 saturated heterocycles. The van der Waals surface area contributed by atoms with E-state index in [2.05, 4.69) is 46.3 Å². The molecule has 2 amide bonds.